The third-order valence-electron chi connectivity index (χ3n) is 2.78. The van der Waals surface area contributed by atoms with Gasteiger partial charge in [-0.25, -0.2) is 4.98 Å². The molecule has 4 nitrogen and oxygen atoms in total. The number of benzene rings is 1. The molecule has 1 aromatic carbocycles. The van der Waals surface area contributed by atoms with Gasteiger partial charge in [-0.3, -0.25) is 4.79 Å². The topological polar surface area (TPSA) is 68.0 Å². The number of nitrogens with one attached hydrogen (secondary N) is 1. The van der Waals surface area contributed by atoms with E-state index in [0.717, 1.165) is 11.3 Å². The van der Waals surface area contributed by atoms with E-state index in [2.05, 4.69) is 42.3 Å². The highest BCUT2D eigenvalue weighted by molar-refractivity contribution is 7.14. The van der Waals surface area contributed by atoms with Gasteiger partial charge in [0.2, 0.25) is 5.91 Å². The lowest BCUT2D eigenvalue weighted by atomic mass is 10.0. The molecule has 2 aromatic rings. The van der Waals surface area contributed by atoms with Gasteiger partial charge in [0, 0.05) is 23.9 Å². The third kappa shape index (κ3) is 4.03. The second-order valence-corrected chi connectivity index (χ2v) is 5.30. The maximum absolute atomic E-state index is 11.4. The number of nitrogens with two attached hydrogens (primary N) is 1. The number of nitrogens with zero attached hydrogens (tertiary/aromatic N) is 1. The Morgan fingerprint density at radius 3 is 2.80 bits per heavy atom. The van der Waals surface area contributed by atoms with Crippen LogP contribution in [0.2, 0.25) is 0 Å². The van der Waals surface area contributed by atoms with Crippen LogP contribution in [0.25, 0.3) is 11.3 Å². The first-order valence-corrected chi connectivity index (χ1v) is 7.01. The van der Waals surface area contributed by atoms with Crippen LogP contribution in [0.15, 0.2) is 23.6 Å². The Balaban J connectivity index is 0.00000200. The minimum Gasteiger partial charge on any atom is -0.330 e. The Morgan fingerprint density at radius 2 is 2.15 bits per heavy atom. The molecule has 0 saturated heterocycles. The molecule has 3 N–H and O–H groups in total. The zero-order chi connectivity index (χ0) is 13.8. The molecule has 0 aliphatic rings. The number of rotatable bonds is 4. The molecule has 0 aliphatic carbocycles. The number of aryl methyl sites for hydroxylation is 2. The molecule has 0 radical (unpaired) electrons. The molecule has 0 fully saturated rings. The number of halogens is 1. The molecule has 108 valence electrons. The van der Waals surface area contributed by atoms with E-state index in [1.54, 1.807) is 0 Å². The summed E-state index contributed by atoms with van der Waals surface area (Å²) in [7, 11) is 0. The van der Waals surface area contributed by atoms with Gasteiger partial charge in [0.1, 0.15) is 0 Å². The summed E-state index contributed by atoms with van der Waals surface area (Å²) in [6.45, 7) is 4.48. The van der Waals surface area contributed by atoms with Crippen molar-refractivity contribution in [1.29, 1.82) is 0 Å². The van der Waals surface area contributed by atoms with Crippen LogP contribution in [0, 0.1) is 13.8 Å². The lowest BCUT2D eigenvalue weighted by molar-refractivity contribution is -0.116. The number of hydrogen-bond acceptors (Lipinski definition) is 4. The van der Waals surface area contributed by atoms with Crippen molar-refractivity contribution in [2.75, 3.05) is 11.9 Å². The predicted octanol–water partition coefficient (Wildman–Crippen LogP) is 3.14. The maximum Gasteiger partial charge on any atom is 0.227 e. The number of carbonyl (C=O) groups excluding carboxylic acids is 1. The normalized spacial score (nSPS) is 9.95. The first-order valence-electron chi connectivity index (χ1n) is 6.13. The quantitative estimate of drug-likeness (QED) is 0.911. The summed E-state index contributed by atoms with van der Waals surface area (Å²) in [5, 5.41) is 5.33. The molecular weight excluding hydrogens is 294 g/mol. The van der Waals surface area contributed by atoms with Gasteiger partial charge >= 0.3 is 0 Å². The summed E-state index contributed by atoms with van der Waals surface area (Å²) in [5.41, 5.74) is 9.74. The fourth-order valence-corrected chi connectivity index (χ4v) is 2.60. The van der Waals surface area contributed by atoms with Crippen LogP contribution in [-0.2, 0) is 4.79 Å². The Hall–Kier alpha value is -1.43. The molecule has 0 aliphatic heterocycles. The van der Waals surface area contributed by atoms with E-state index in [1.165, 1.54) is 22.5 Å². The molecule has 0 unspecified atom stereocenters. The predicted molar refractivity (Wildman–Crippen MR) is 86.6 cm³/mol. The van der Waals surface area contributed by atoms with E-state index < -0.39 is 0 Å². The van der Waals surface area contributed by atoms with Crippen LogP contribution in [0.5, 0.6) is 0 Å². The van der Waals surface area contributed by atoms with Crippen molar-refractivity contribution in [2.24, 2.45) is 5.73 Å². The Kier molecular flexibility index (Phi) is 6.13. The van der Waals surface area contributed by atoms with Gasteiger partial charge in [-0.2, -0.15) is 0 Å². The maximum atomic E-state index is 11.4. The first kappa shape index (κ1) is 16.6. The van der Waals surface area contributed by atoms with Crippen LogP contribution >= 0.6 is 23.7 Å². The van der Waals surface area contributed by atoms with Gasteiger partial charge in [0.05, 0.1) is 5.69 Å². The number of aromatic nitrogens is 1. The lowest BCUT2D eigenvalue weighted by Gasteiger charge is -2.03. The Morgan fingerprint density at radius 1 is 1.40 bits per heavy atom. The molecule has 6 heteroatoms. The van der Waals surface area contributed by atoms with E-state index >= 15 is 0 Å². The third-order valence-corrected chi connectivity index (χ3v) is 3.54. The second kappa shape index (κ2) is 7.38. The fraction of sp³-hybridized carbons (Fsp3) is 0.286. The Labute approximate surface area is 128 Å². The minimum atomic E-state index is -0.0935. The summed E-state index contributed by atoms with van der Waals surface area (Å²) >= 11 is 1.43. The zero-order valence-corrected chi connectivity index (χ0v) is 13.1. The van der Waals surface area contributed by atoms with Crippen LogP contribution < -0.4 is 11.1 Å². The van der Waals surface area contributed by atoms with Crippen molar-refractivity contribution in [3.8, 4) is 11.3 Å². The number of hydrogen-bond donors (Lipinski definition) is 2. The molecule has 20 heavy (non-hydrogen) atoms. The Bertz CT molecular complexity index is 598. The van der Waals surface area contributed by atoms with Crippen LogP contribution in [0.1, 0.15) is 17.5 Å². The van der Waals surface area contributed by atoms with E-state index in [0.29, 0.717) is 18.1 Å². The monoisotopic (exact) mass is 311 g/mol. The smallest absolute Gasteiger partial charge is 0.227 e. The highest BCUT2D eigenvalue weighted by Gasteiger charge is 2.09. The van der Waals surface area contributed by atoms with Gasteiger partial charge in [-0.05, 0) is 19.4 Å². The standard InChI is InChI=1S/C14H17N3OS.ClH/c1-9-3-4-11(10(2)7-9)12-8-19-14(16-12)17-13(18)5-6-15;/h3-4,7-8H,5-6,15H2,1-2H3,(H,16,17,18);1H. The van der Waals surface area contributed by atoms with E-state index in [1.807, 2.05) is 5.38 Å². The molecule has 1 aromatic heterocycles. The number of amides is 1. The van der Waals surface area contributed by atoms with Crippen molar-refractivity contribution in [3.05, 3.63) is 34.7 Å². The average molecular weight is 312 g/mol. The van der Waals surface area contributed by atoms with Crippen molar-refractivity contribution >= 4 is 34.8 Å². The summed E-state index contributed by atoms with van der Waals surface area (Å²) in [6, 6.07) is 6.25. The second-order valence-electron chi connectivity index (χ2n) is 4.44. The molecule has 0 saturated carbocycles. The van der Waals surface area contributed by atoms with E-state index in [-0.39, 0.29) is 18.3 Å². The van der Waals surface area contributed by atoms with Crippen LogP contribution in [-0.4, -0.2) is 17.4 Å². The molecule has 0 spiro atoms. The van der Waals surface area contributed by atoms with Crippen LogP contribution in [0.4, 0.5) is 5.13 Å². The van der Waals surface area contributed by atoms with Crippen molar-refractivity contribution < 1.29 is 4.79 Å². The van der Waals surface area contributed by atoms with Crippen molar-refractivity contribution in [3.63, 3.8) is 0 Å². The van der Waals surface area contributed by atoms with Gasteiger partial charge in [0.25, 0.3) is 0 Å². The molecule has 0 bridgehead atoms. The van der Waals surface area contributed by atoms with Gasteiger partial charge in [-0.1, -0.05) is 23.8 Å². The average Bonchev–Trinajstić information content (AvgIpc) is 2.77. The van der Waals surface area contributed by atoms with Crippen molar-refractivity contribution in [1.82, 2.24) is 4.98 Å². The van der Waals surface area contributed by atoms with Gasteiger partial charge < -0.3 is 11.1 Å². The highest BCUT2D eigenvalue weighted by Crippen LogP contribution is 2.27. The summed E-state index contributed by atoms with van der Waals surface area (Å²) in [6.07, 6.45) is 0.318. The number of carbonyl (C=O) groups is 1. The summed E-state index contributed by atoms with van der Waals surface area (Å²) in [5.74, 6) is -0.0935. The summed E-state index contributed by atoms with van der Waals surface area (Å²) < 4.78 is 0. The lowest BCUT2D eigenvalue weighted by Crippen LogP contribution is -2.15. The van der Waals surface area contributed by atoms with Crippen LogP contribution in [0.3, 0.4) is 0 Å². The van der Waals surface area contributed by atoms with Gasteiger partial charge in [0.15, 0.2) is 5.13 Å². The first-order chi connectivity index (χ1) is 9.10. The largest absolute Gasteiger partial charge is 0.330 e. The molecule has 1 amide bonds. The number of anilines is 1. The molecular formula is C14H18ClN3OS. The fourth-order valence-electron chi connectivity index (χ4n) is 1.87. The van der Waals surface area contributed by atoms with Gasteiger partial charge in [-0.15, -0.1) is 23.7 Å². The van der Waals surface area contributed by atoms with E-state index in [9.17, 15) is 4.79 Å². The summed E-state index contributed by atoms with van der Waals surface area (Å²) in [4.78, 5) is 15.9. The zero-order valence-electron chi connectivity index (χ0n) is 11.5. The van der Waals surface area contributed by atoms with E-state index in [4.69, 9.17) is 5.73 Å². The SMILES string of the molecule is Cc1ccc(-c2csc(NC(=O)CCN)n2)c(C)c1.Cl. The van der Waals surface area contributed by atoms with Crippen molar-refractivity contribution in [2.45, 2.75) is 20.3 Å². The highest BCUT2D eigenvalue weighted by atomic mass is 35.5. The molecule has 2 rings (SSSR count). The molecule has 0 atom stereocenters. The minimum absolute atomic E-state index is 0. The number of thiazole rings is 1. The molecule has 1 heterocycles.